The lowest BCUT2D eigenvalue weighted by Gasteiger charge is -2.20. The van der Waals surface area contributed by atoms with Crippen LogP contribution in [0.3, 0.4) is 0 Å². The third-order valence-electron chi connectivity index (χ3n) is 4.39. The zero-order valence-corrected chi connectivity index (χ0v) is 18.9. The van der Waals surface area contributed by atoms with E-state index in [4.69, 9.17) is 9.47 Å². The lowest BCUT2D eigenvalue weighted by atomic mass is 10.2. The molecule has 2 aromatic rings. The van der Waals surface area contributed by atoms with Crippen molar-refractivity contribution >= 4 is 33.6 Å². The van der Waals surface area contributed by atoms with Crippen LogP contribution in [0, 0.1) is 0 Å². The van der Waals surface area contributed by atoms with Crippen molar-refractivity contribution in [2.45, 2.75) is 24.8 Å². The molecule has 172 valence electrons. The highest BCUT2D eigenvalue weighted by molar-refractivity contribution is 7.92. The SMILES string of the molecule is CCNC(=O)NC(=O)[C@H](C)OC(=O)c1cccc(S(=O)(=O)N(C)c2ccc(OC)cc2)c1. The molecular weight excluding hydrogens is 438 g/mol. The van der Waals surface area contributed by atoms with Gasteiger partial charge in [0.05, 0.1) is 23.3 Å². The molecule has 0 unspecified atom stereocenters. The zero-order chi connectivity index (χ0) is 23.9. The molecule has 0 aromatic heterocycles. The highest BCUT2D eigenvalue weighted by atomic mass is 32.2. The summed E-state index contributed by atoms with van der Waals surface area (Å²) in [7, 11) is -1.09. The number of nitrogens with zero attached hydrogens (tertiary/aromatic N) is 1. The van der Waals surface area contributed by atoms with Gasteiger partial charge in [0, 0.05) is 13.6 Å². The van der Waals surface area contributed by atoms with E-state index in [-0.39, 0.29) is 10.5 Å². The van der Waals surface area contributed by atoms with Crippen molar-refractivity contribution in [2.24, 2.45) is 0 Å². The lowest BCUT2D eigenvalue weighted by Crippen LogP contribution is -2.44. The predicted octanol–water partition coefficient (Wildman–Crippen LogP) is 1.91. The van der Waals surface area contributed by atoms with Crippen LogP contribution in [-0.4, -0.2) is 53.1 Å². The van der Waals surface area contributed by atoms with Crippen LogP contribution in [0.15, 0.2) is 53.4 Å². The van der Waals surface area contributed by atoms with Gasteiger partial charge in [-0.2, -0.15) is 0 Å². The highest BCUT2D eigenvalue weighted by Crippen LogP contribution is 2.25. The van der Waals surface area contributed by atoms with E-state index < -0.39 is 34.0 Å². The molecule has 32 heavy (non-hydrogen) atoms. The second-order valence-electron chi connectivity index (χ2n) is 6.59. The van der Waals surface area contributed by atoms with E-state index in [0.29, 0.717) is 18.0 Å². The molecular formula is C21H25N3O7S. The summed E-state index contributed by atoms with van der Waals surface area (Å²) < 4.78 is 37.2. The maximum absolute atomic E-state index is 13.0. The fraction of sp³-hybridized carbons (Fsp3) is 0.286. The number of sulfonamides is 1. The third-order valence-corrected chi connectivity index (χ3v) is 6.17. The first kappa shape index (κ1) is 24.7. The van der Waals surface area contributed by atoms with E-state index in [1.807, 2.05) is 5.32 Å². The molecule has 3 amide bonds. The Labute approximate surface area is 186 Å². The Morgan fingerprint density at radius 2 is 1.75 bits per heavy atom. The Bertz CT molecular complexity index is 1080. The number of amides is 3. The average molecular weight is 464 g/mol. The summed E-state index contributed by atoms with van der Waals surface area (Å²) in [6, 6.07) is 11.0. The van der Waals surface area contributed by atoms with Gasteiger partial charge in [-0.3, -0.25) is 14.4 Å². The summed E-state index contributed by atoms with van der Waals surface area (Å²) >= 11 is 0. The number of hydrogen-bond donors (Lipinski definition) is 2. The van der Waals surface area contributed by atoms with Crippen LogP contribution < -0.4 is 19.7 Å². The Morgan fingerprint density at radius 1 is 1.09 bits per heavy atom. The number of hydrogen-bond acceptors (Lipinski definition) is 7. The number of urea groups is 1. The van der Waals surface area contributed by atoms with Crippen molar-refractivity contribution in [3.05, 3.63) is 54.1 Å². The average Bonchev–Trinajstić information content (AvgIpc) is 2.78. The highest BCUT2D eigenvalue weighted by Gasteiger charge is 2.25. The van der Waals surface area contributed by atoms with E-state index in [0.717, 1.165) is 10.4 Å². The molecule has 2 rings (SSSR count). The van der Waals surface area contributed by atoms with E-state index in [9.17, 15) is 22.8 Å². The minimum atomic E-state index is -3.98. The van der Waals surface area contributed by atoms with E-state index in [1.54, 1.807) is 31.2 Å². The van der Waals surface area contributed by atoms with Crippen LogP contribution in [0.5, 0.6) is 5.75 Å². The summed E-state index contributed by atoms with van der Waals surface area (Å²) in [5.41, 5.74) is 0.335. The minimum absolute atomic E-state index is 0.0631. The summed E-state index contributed by atoms with van der Waals surface area (Å²) in [5, 5.41) is 4.42. The summed E-state index contributed by atoms with van der Waals surface area (Å²) in [6.45, 7) is 3.30. The molecule has 1 atom stereocenters. The van der Waals surface area contributed by atoms with Crippen molar-refractivity contribution in [3.63, 3.8) is 0 Å². The fourth-order valence-electron chi connectivity index (χ4n) is 2.57. The van der Waals surface area contributed by atoms with Gasteiger partial charge >= 0.3 is 12.0 Å². The van der Waals surface area contributed by atoms with Gasteiger partial charge in [-0.15, -0.1) is 0 Å². The number of anilines is 1. The monoisotopic (exact) mass is 463 g/mol. The third kappa shape index (κ3) is 5.97. The zero-order valence-electron chi connectivity index (χ0n) is 18.1. The number of ether oxygens (including phenoxy) is 2. The lowest BCUT2D eigenvalue weighted by molar-refractivity contribution is -0.127. The maximum Gasteiger partial charge on any atom is 0.338 e. The number of methoxy groups -OCH3 is 1. The van der Waals surface area contributed by atoms with E-state index in [1.165, 1.54) is 39.3 Å². The fourth-order valence-corrected chi connectivity index (χ4v) is 3.81. The van der Waals surface area contributed by atoms with Crippen LogP contribution in [0.2, 0.25) is 0 Å². The molecule has 0 saturated carbocycles. The number of carbonyl (C=O) groups excluding carboxylic acids is 3. The number of carbonyl (C=O) groups is 3. The number of benzene rings is 2. The van der Waals surface area contributed by atoms with Crippen molar-refractivity contribution < 1.29 is 32.3 Å². The van der Waals surface area contributed by atoms with Gasteiger partial charge in [0.25, 0.3) is 15.9 Å². The molecule has 0 aliphatic rings. The number of esters is 1. The normalized spacial score (nSPS) is 11.8. The van der Waals surface area contributed by atoms with E-state index >= 15 is 0 Å². The van der Waals surface area contributed by atoms with Gasteiger partial charge in [0.15, 0.2) is 6.10 Å². The molecule has 0 saturated heterocycles. The molecule has 0 heterocycles. The molecule has 0 aliphatic carbocycles. The van der Waals surface area contributed by atoms with Gasteiger partial charge in [-0.1, -0.05) is 6.07 Å². The Kier molecular flexibility index (Phi) is 8.19. The summed E-state index contributed by atoms with van der Waals surface area (Å²) in [5.74, 6) is -1.14. The van der Waals surface area contributed by atoms with Gasteiger partial charge < -0.3 is 14.8 Å². The van der Waals surface area contributed by atoms with Crippen LogP contribution in [-0.2, 0) is 19.6 Å². The topological polar surface area (TPSA) is 131 Å². The maximum atomic E-state index is 13.0. The predicted molar refractivity (Wildman–Crippen MR) is 117 cm³/mol. The van der Waals surface area contributed by atoms with Gasteiger partial charge in [0.2, 0.25) is 0 Å². The Balaban J connectivity index is 2.16. The van der Waals surface area contributed by atoms with Crippen LogP contribution in [0.1, 0.15) is 24.2 Å². The summed E-state index contributed by atoms with van der Waals surface area (Å²) in [4.78, 5) is 35.7. The number of rotatable bonds is 8. The molecule has 2 N–H and O–H groups in total. The second-order valence-corrected chi connectivity index (χ2v) is 8.56. The quantitative estimate of drug-likeness (QED) is 0.572. The van der Waals surface area contributed by atoms with Crippen molar-refractivity contribution in [3.8, 4) is 5.75 Å². The first-order chi connectivity index (χ1) is 15.1. The molecule has 0 aliphatic heterocycles. The molecule has 0 bridgehead atoms. The first-order valence-electron chi connectivity index (χ1n) is 9.62. The number of nitrogens with one attached hydrogen (secondary N) is 2. The van der Waals surface area contributed by atoms with Crippen molar-refractivity contribution in [1.29, 1.82) is 0 Å². The van der Waals surface area contributed by atoms with Gasteiger partial charge in [0.1, 0.15) is 5.75 Å². The molecule has 0 fully saturated rings. The number of imide groups is 1. The molecule has 10 nitrogen and oxygen atoms in total. The van der Waals surface area contributed by atoms with Crippen molar-refractivity contribution in [1.82, 2.24) is 10.6 Å². The molecule has 11 heteroatoms. The van der Waals surface area contributed by atoms with E-state index in [2.05, 4.69) is 5.32 Å². The largest absolute Gasteiger partial charge is 0.497 e. The van der Waals surface area contributed by atoms with Crippen LogP contribution in [0.4, 0.5) is 10.5 Å². The Hall–Kier alpha value is -3.60. The van der Waals surface area contributed by atoms with Gasteiger partial charge in [-0.25, -0.2) is 18.0 Å². The van der Waals surface area contributed by atoms with Crippen LogP contribution in [0.25, 0.3) is 0 Å². The molecule has 2 aromatic carbocycles. The molecule has 0 radical (unpaired) electrons. The Morgan fingerprint density at radius 3 is 2.34 bits per heavy atom. The molecule has 0 spiro atoms. The summed E-state index contributed by atoms with van der Waals surface area (Å²) in [6.07, 6.45) is -1.27. The standard InChI is InChI=1S/C21H25N3O7S/c1-5-22-21(27)23-19(25)14(2)31-20(26)15-7-6-8-18(13-15)32(28,29)24(3)16-9-11-17(30-4)12-10-16/h6-14H,5H2,1-4H3,(H2,22,23,25,27)/t14-/m0/s1. The van der Waals surface area contributed by atoms with Gasteiger partial charge in [-0.05, 0) is 56.3 Å². The van der Waals surface area contributed by atoms with Crippen molar-refractivity contribution in [2.75, 3.05) is 25.0 Å². The smallest absolute Gasteiger partial charge is 0.338 e. The first-order valence-corrected chi connectivity index (χ1v) is 11.1. The minimum Gasteiger partial charge on any atom is -0.497 e. The van der Waals surface area contributed by atoms with Crippen LogP contribution >= 0.6 is 0 Å². The second kappa shape index (κ2) is 10.6.